The molecule has 1 heterocycles. The van der Waals surface area contributed by atoms with Gasteiger partial charge < -0.3 is 4.57 Å². The average Bonchev–Trinajstić information content (AvgIpc) is 3.55. The quantitative estimate of drug-likeness (QED) is 0.146. The number of aryl methyl sites for hydroxylation is 2. The maximum absolute atomic E-state index is 5.15. The van der Waals surface area contributed by atoms with Gasteiger partial charge in [-0.25, -0.2) is 0 Å². The van der Waals surface area contributed by atoms with Gasteiger partial charge in [-0.05, 0) is 88.2 Å². The zero-order chi connectivity index (χ0) is 34.2. The minimum absolute atomic E-state index is 0. The van der Waals surface area contributed by atoms with Crippen LogP contribution in [-0.4, -0.2) is 9.55 Å². The molecular weight excluding hydrogens is 797 g/mol. The second kappa shape index (κ2) is 14.1. The zero-order valence-corrected chi connectivity index (χ0v) is 31.7. The molecule has 8 rings (SSSR count). The van der Waals surface area contributed by atoms with Crippen molar-refractivity contribution < 1.29 is 20.1 Å². The van der Waals surface area contributed by atoms with E-state index in [1.807, 2.05) is 6.07 Å². The average molecular weight is 836 g/mol. The fraction of sp³-hybridized carbons (Fsp3) is 0.104. The molecule has 1 radical (unpaired) electrons. The van der Waals surface area contributed by atoms with Crippen LogP contribution in [0.25, 0.3) is 61.5 Å². The number of aromatic nitrogens is 2. The molecule has 0 aliphatic rings. The van der Waals surface area contributed by atoms with Crippen molar-refractivity contribution in [2.24, 2.45) is 0 Å². The van der Waals surface area contributed by atoms with Gasteiger partial charge in [-0.1, -0.05) is 135 Å². The number of benzene rings is 7. The molecule has 0 aliphatic heterocycles. The molecule has 0 aliphatic carbocycles. The van der Waals surface area contributed by atoms with Gasteiger partial charge in [-0.3, -0.25) is 4.98 Å². The normalized spacial score (nSPS) is 11.4. The minimum atomic E-state index is -0.0663. The van der Waals surface area contributed by atoms with Crippen molar-refractivity contribution >= 4 is 11.0 Å². The molecule has 251 valence electrons. The first-order valence-electron chi connectivity index (χ1n) is 17.3. The summed E-state index contributed by atoms with van der Waals surface area (Å²) in [5.74, 6) is 0.896. The molecule has 3 heteroatoms. The van der Waals surface area contributed by atoms with Crippen molar-refractivity contribution in [2.45, 2.75) is 33.1 Å². The molecule has 2 nitrogen and oxygen atoms in total. The molecule has 0 atom stereocenters. The van der Waals surface area contributed by atoms with Crippen LogP contribution in [0.1, 0.15) is 36.1 Å². The molecule has 0 N–H and O–H groups in total. The van der Waals surface area contributed by atoms with Gasteiger partial charge >= 0.3 is 0 Å². The SMILES string of the molecule is Cc1cccc(C)c1-n1c(-c2[c-]ccc(-c3cccc(-c4cccc(-c5ccc(C(C)(C)c6ccccc6)cc5)c4)c3)c2)nc2ccccc21.[Ir]. The van der Waals surface area contributed by atoms with Crippen molar-refractivity contribution in [3.63, 3.8) is 0 Å². The third-order valence-electron chi connectivity index (χ3n) is 10.1. The van der Waals surface area contributed by atoms with Crippen LogP contribution in [0.3, 0.4) is 0 Å². The van der Waals surface area contributed by atoms with Crippen LogP contribution in [-0.2, 0) is 25.5 Å². The molecule has 0 saturated heterocycles. The van der Waals surface area contributed by atoms with E-state index in [-0.39, 0.29) is 25.5 Å². The molecule has 1 aromatic heterocycles. The number of hydrogen-bond donors (Lipinski definition) is 0. The van der Waals surface area contributed by atoms with Gasteiger partial charge in [0.1, 0.15) is 0 Å². The predicted octanol–water partition coefficient (Wildman–Crippen LogP) is 12.4. The van der Waals surface area contributed by atoms with E-state index in [1.54, 1.807) is 0 Å². The Balaban J connectivity index is 0.00000406. The Morgan fingerprint density at radius 3 is 1.69 bits per heavy atom. The molecule has 0 amide bonds. The molecule has 8 aromatic rings. The van der Waals surface area contributed by atoms with Gasteiger partial charge in [0.15, 0.2) is 0 Å². The van der Waals surface area contributed by atoms with Crippen LogP contribution in [0.15, 0.2) is 164 Å². The van der Waals surface area contributed by atoms with Gasteiger partial charge in [-0.2, -0.15) is 0 Å². The zero-order valence-electron chi connectivity index (χ0n) is 29.3. The molecule has 0 saturated carbocycles. The topological polar surface area (TPSA) is 17.8 Å². The second-order valence-electron chi connectivity index (χ2n) is 13.7. The first kappa shape index (κ1) is 34.1. The van der Waals surface area contributed by atoms with E-state index in [4.69, 9.17) is 4.98 Å². The number of imidazole rings is 1. The van der Waals surface area contributed by atoms with Gasteiger partial charge in [0.05, 0.1) is 16.9 Å². The Morgan fingerprint density at radius 2 is 1.04 bits per heavy atom. The minimum Gasteiger partial charge on any atom is -0.333 e. The van der Waals surface area contributed by atoms with Crippen molar-refractivity contribution in [3.05, 3.63) is 192 Å². The van der Waals surface area contributed by atoms with E-state index in [1.165, 1.54) is 50.2 Å². The summed E-state index contributed by atoms with van der Waals surface area (Å²) in [7, 11) is 0. The number of nitrogens with zero attached hydrogens (tertiary/aromatic N) is 2. The molecule has 51 heavy (non-hydrogen) atoms. The van der Waals surface area contributed by atoms with Crippen molar-refractivity contribution in [1.29, 1.82) is 0 Å². The summed E-state index contributed by atoms with van der Waals surface area (Å²) < 4.78 is 2.30. The van der Waals surface area contributed by atoms with Gasteiger partial charge in [0.25, 0.3) is 0 Å². The first-order valence-corrected chi connectivity index (χ1v) is 17.3. The monoisotopic (exact) mass is 836 g/mol. The number of para-hydroxylation sites is 3. The van der Waals surface area contributed by atoms with Crippen molar-refractivity contribution in [3.8, 4) is 50.5 Å². The van der Waals surface area contributed by atoms with E-state index in [0.717, 1.165) is 33.5 Å². The second-order valence-corrected chi connectivity index (χ2v) is 13.7. The van der Waals surface area contributed by atoms with Crippen molar-refractivity contribution in [1.82, 2.24) is 9.55 Å². The van der Waals surface area contributed by atoms with E-state index in [0.29, 0.717) is 0 Å². The molecule has 0 spiro atoms. The van der Waals surface area contributed by atoms with Crippen LogP contribution in [0, 0.1) is 19.9 Å². The fourth-order valence-electron chi connectivity index (χ4n) is 7.22. The van der Waals surface area contributed by atoms with Crippen LogP contribution in [0.4, 0.5) is 0 Å². The third-order valence-corrected chi connectivity index (χ3v) is 10.1. The molecule has 0 fully saturated rings. The Bertz CT molecular complexity index is 2450. The van der Waals surface area contributed by atoms with Crippen LogP contribution in [0.5, 0.6) is 0 Å². The number of rotatable bonds is 7. The van der Waals surface area contributed by atoms with E-state index >= 15 is 0 Å². The summed E-state index contributed by atoms with van der Waals surface area (Å²) >= 11 is 0. The summed E-state index contributed by atoms with van der Waals surface area (Å²) in [4.78, 5) is 5.15. The Labute approximate surface area is 314 Å². The Hall–Kier alpha value is -5.34. The maximum atomic E-state index is 5.15. The van der Waals surface area contributed by atoms with Gasteiger partial charge in [-0.15, -0.1) is 35.4 Å². The van der Waals surface area contributed by atoms with Gasteiger partial charge in [0.2, 0.25) is 0 Å². The maximum Gasteiger partial charge on any atom is 0.0774 e. The summed E-state index contributed by atoms with van der Waals surface area (Å²) in [5, 5.41) is 0. The van der Waals surface area contributed by atoms with Gasteiger partial charge in [0, 0.05) is 31.2 Å². The van der Waals surface area contributed by atoms with Crippen LogP contribution >= 0.6 is 0 Å². The summed E-state index contributed by atoms with van der Waals surface area (Å²) in [6.45, 7) is 8.92. The standard InChI is InChI=1S/C48H39N2.Ir/c1-33-14-10-15-34(2)46(33)50-45-25-9-8-24-44(45)49-47(50)41-21-13-20-40(32-41)39-19-12-18-38(31-39)37-17-11-16-36(30-37)35-26-28-43(29-27-35)48(3,4)42-22-6-5-7-23-42;/h5-20,22-32H,1-4H3;/q-1;. The van der Waals surface area contributed by atoms with Crippen molar-refractivity contribution in [2.75, 3.05) is 0 Å². The fourth-order valence-corrected chi connectivity index (χ4v) is 7.22. The number of fused-ring (bicyclic) bond motifs is 1. The summed E-state index contributed by atoms with van der Waals surface area (Å²) in [6, 6.07) is 62.2. The van der Waals surface area contributed by atoms with Crippen LogP contribution in [0.2, 0.25) is 0 Å². The van der Waals surface area contributed by atoms with Crippen LogP contribution < -0.4 is 0 Å². The number of hydrogen-bond acceptors (Lipinski definition) is 1. The molecule has 0 bridgehead atoms. The Kier molecular flexibility index (Phi) is 9.44. The predicted molar refractivity (Wildman–Crippen MR) is 210 cm³/mol. The van der Waals surface area contributed by atoms with E-state index < -0.39 is 0 Å². The molecule has 0 unspecified atom stereocenters. The Morgan fingerprint density at radius 1 is 0.510 bits per heavy atom. The van der Waals surface area contributed by atoms with E-state index in [2.05, 4.69) is 196 Å². The third kappa shape index (κ3) is 6.52. The smallest absolute Gasteiger partial charge is 0.0774 e. The first-order chi connectivity index (χ1) is 24.4. The summed E-state index contributed by atoms with van der Waals surface area (Å²) in [6.07, 6.45) is 0. The summed E-state index contributed by atoms with van der Waals surface area (Å²) in [5.41, 5.74) is 16.3. The molecule has 7 aromatic carbocycles. The largest absolute Gasteiger partial charge is 0.333 e. The molecular formula is C48H39IrN2-. The van der Waals surface area contributed by atoms with E-state index in [9.17, 15) is 0 Å².